The van der Waals surface area contributed by atoms with Crippen LogP contribution in [0.2, 0.25) is 0 Å². The number of rotatable bonds is 2. The molecule has 1 aliphatic carbocycles. The fourth-order valence-electron chi connectivity index (χ4n) is 3.12. The van der Waals surface area contributed by atoms with Crippen molar-refractivity contribution >= 4 is 0 Å². The van der Waals surface area contributed by atoms with Crippen molar-refractivity contribution in [1.29, 1.82) is 0 Å². The molecule has 94 valence electrons. The Morgan fingerprint density at radius 1 is 1.47 bits per heavy atom. The van der Waals surface area contributed by atoms with Crippen molar-refractivity contribution in [2.75, 3.05) is 6.61 Å². The highest BCUT2D eigenvalue weighted by molar-refractivity contribution is 5.20. The van der Waals surface area contributed by atoms with Gasteiger partial charge in [-0.2, -0.15) is 0 Å². The number of aryl methyl sites for hydroxylation is 1. The number of H-pyrrole nitrogens is 1. The summed E-state index contributed by atoms with van der Waals surface area (Å²) in [7, 11) is 0. The van der Waals surface area contributed by atoms with Crippen LogP contribution in [0.15, 0.2) is 0 Å². The number of fused-ring (bicyclic) bond motifs is 1. The van der Waals surface area contributed by atoms with Crippen LogP contribution in [0.3, 0.4) is 0 Å². The number of nitrogens with one attached hydrogen (secondary N) is 1. The molecule has 0 saturated carbocycles. The predicted molar refractivity (Wildman–Crippen MR) is 67.2 cm³/mol. The number of hydrogen-bond acceptors (Lipinski definition) is 2. The Kier molecular flexibility index (Phi) is 2.95. The molecule has 3 rings (SSSR count). The lowest BCUT2D eigenvalue weighted by Crippen LogP contribution is -2.12. The van der Waals surface area contributed by atoms with E-state index in [1.807, 2.05) is 0 Å². The molecule has 1 aromatic heterocycles. The minimum atomic E-state index is 0.394. The average Bonchev–Trinajstić information content (AvgIpc) is 2.93. The summed E-state index contributed by atoms with van der Waals surface area (Å²) in [5.74, 6) is 2.53. The summed E-state index contributed by atoms with van der Waals surface area (Å²) in [4.78, 5) is 8.37. The van der Waals surface area contributed by atoms with Crippen LogP contribution in [-0.4, -0.2) is 22.7 Å². The van der Waals surface area contributed by atoms with Crippen molar-refractivity contribution in [3.05, 3.63) is 17.2 Å². The number of ether oxygens (including phenoxy) is 1. The van der Waals surface area contributed by atoms with Crippen molar-refractivity contribution in [1.82, 2.24) is 9.97 Å². The van der Waals surface area contributed by atoms with Crippen LogP contribution in [0, 0.1) is 5.92 Å². The lowest BCUT2D eigenvalue weighted by molar-refractivity contribution is 0.123. The molecule has 0 radical (unpaired) electrons. The Bertz CT molecular complexity index is 399. The Morgan fingerprint density at radius 3 is 3.06 bits per heavy atom. The average molecular weight is 234 g/mol. The Labute approximate surface area is 103 Å². The summed E-state index contributed by atoms with van der Waals surface area (Å²) in [6.45, 7) is 5.28. The zero-order chi connectivity index (χ0) is 11.8. The second-order valence-corrected chi connectivity index (χ2v) is 5.64. The van der Waals surface area contributed by atoms with Crippen LogP contribution in [0.1, 0.15) is 56.2 Å². The van der Waals surface area contributed by atoms with Crippen LogP contribution < -0.4 is 0 Å². The number of hydrogen-bond donors (Lipinski definition) is 1. The van der Waals surface area contributed by atoms with E-state index in [-0.39, 0.29) is 0 Å². The Balaban J connectivity index is 1.78. The quantitative estimate of drug-likeness (QED) is 0.854. The zero-order valence-electron chi connectivity index (χ0n) is 10.8. The van der Waals surface area contributed by atoms with Crippen molar-refractivity contribution < 1.29 is 4.74 Å². The highest BCUT2D eigenvalue weighted by Crippen LogP contribution is 2.31. The first-order valence-corrected chi connectivity index (χ1v) is 6.95. The van der Waals surface area contributed by atoms with E-state index in [0.29, 0.717) is 12.0 Å². The van der Waals surface area contributed by atoms with Crippen LogP contribution >= 0.6 is 0 Å². The van der Waals surface area contributed by atoms with E-state index >= 15 is 0 Å². The van der Waals surface area contributed by atoms with Crippen molar-refractivity contribution in [3.8, 4) is 0 Å². The van der Waals surface area contributed by atoms with E-state index in [4.69, 9.17) is 9.72 Å². The SMILES string of the molecule is CCC1CCc2nc(C3COC(C)C3)[nH]c2C1. The Hall–Kier alpha value is -0.830. The molecule has 2 aliphatic rings. The lowest BCUT2D eigenvalue weighted by atomic mass is 9.88. The first kappa shape index (κ1) is 11.3. The molecule has 3 heteroatoms. The first-order valence-electron chi connectivity index (χ1n) is 6.95. The maximum atomic E-state index is 5.63. The third-order valence-electron chi connectivity index (χ3n) is 4.33. The van der Waals surface area contributed by atoms with Gasteiger partial charge in [-0.05, 0) is 38.5 Å². The molecule has 3 nitrogen and oxygen atoms in total. The first-order chi connectivity index (χ1) is 8.26. The van der Waals surface area contributed by atoms with Crippen molar-refractivity contribution in [3.63, 3.8) is 0 Å². The van der Waals surface area contributed by atoms with E-state index in [0.717, 1.165) is 25.4 Å². The largest absolute Gasteiger partial charge is 0.378 e. The monoisotopic (exact) mass is 234 g/mol. The van der Waals surface area contributed by atoms with Gasteiger partial charge in [0, 0.05) is 11.6 Å². The van der Waals surface area contributed by atoms with Gasteiger partial charge in [0.15, 0.2) is 0 Å². The zero-order valence-corrected chi connectivity index (χ0v) is 10.8. The standard InChI is InChI=1S/C14H22N2O/c1-3-10-4-5-12-13(7-10)16-14(15-12)11-6-9(2)17-8-11/h9-11H,3-8H2,1-2H3,(H,15,16). The molecule has 1 aliphatic heterocycles. The van der Waals surface area contributed by atoms with E-state index in [1.54, 1.807) is 0 Å². The van der Waals surface area contributed by atoms with Crippen LogP contribution in [-0.2, 0) is 17.6 Å². The molecule has 0 bridgehead atoms. The van der Waals surface area contributed by atoms with Crippen LogP contribution in [0.25, 0.3) is 0 Å². The van der Waals surface area contributed by atoms with Gasteiger partial charge < -0.3 is 9.72 Å². The highest BCUT2D eigenvalue weighted by Gasteiger charge is 2.28. The second-order valence-electron chi connectivity index (χ2n) is 5.64. The van der Waals surface area contributed by atoms with Gasteiger partial charge in [0.1, 0.15) is 5.82 Å². The summed E-state index contributed by atoms with van der Waals surface area (Å²) >= 11 is 0. The summed E-state index contributed by atoms with van der Waals surface area (Å²) in [6.07, 6.45) is 6.47. The fourth-order valence-corrected chi connectivity index (χ4v) is 3.12. The van der Waals surface area contributed by atoms with E-state index < -0.39 is 0 Å². The molecule has 2 heterocycles. The molecular formula is C14H22N2O. The molecular weight excluding hydrogens is 212 g/mol. The normalized spacial score (nSPS) is 32.7. The second kappa shape index (κ2) is 4.45. The van der Waals surface area contributed by atoms with Gasteiger partial charge in [-0.25, -0.2) is 4.98 Å². The van der Waals surface area contributed by atoms with Gasteiger partial charge in [-0.3, -0.25) is 0 Å². The molecule has 0 spiro atoms. The number of aromatic amines is 1. The third kappa shape index (κ3) is 2.13. The minimum Gasteiger partial charge on any atom is -0.378 e. The summed E-state index contributed by atoms with van der Waals surface area (Å²) in [5.41, 5.74) is 2.72. The van der Waals surface area contributed by atoms with Crippen LogP contribution in [0.4, 0.5) is 0 Å². The topological polar surface area (TPSA) is 37.9 Å². The third-order valence-corrected chi connectivity index (χ3v) is 4.33. The predicted octanol–water partition coefficient (Wildman–Crippen LogP) is 2.82. The maximum Gasteiger partial charge on any atom is 0.112 e. The lowest BCUT2D eigenvalue weighted by Gasteiger charge is -2.19. The maximum absolute atomic E-state index is 5.63. The smallest absolute Gasteiger partial charge is 0.112 e. The van der Waals surface area contributed by atoms with Crippen molar-refractivity contribution in [2.24, 2.45) is 5.92 Å². The highest BCUT2D eigenvalue weighted by atomic mass is 16.5. The molecule has 0 aromatic carbocycles. The summed E-state index contributed by atoms with van der Waals surface area (Å²) in [5, 5.41) is 0. The summed E-state index contributed by atoms with van der Waals surface area (Å²) in [6, 6.07) is 0. The van der Waals surface area contributed by atoms with E-state index in [9.17, 15) is 0 Å². The van der Waals surface area contributed by atoms with Gasteiger partial charge >= 0.3 is 0 Å². The Morgan fingerprint density at radius 2 is 2.35 bits per heavy atom. The van der Waals surface area contributed by atoms with Gasteiger partial charge in [-0.15, -0.1) is 0 Å². The molecule has 1 saturated heterocycles. The minimum absolute atomic E-state index is 0.394. The molecule has 3 atom stereocenters. The van der Waals surface area contributed by atoms with E-state index in [1.165, 1.54) is 36.5 Å². The fraction of sp³-hybridized carbons (Fsp3) is 0.786. The van der Waals surface area contributed by atoms with Gasteiger partial charge in [0.05, 0.1) is 18.4 Å². The molecule has 1 N–H and O–H groups in total. The van der Waals surface area contributed by atoms with Gasteiger partial charge in [0.25, 0.3) is 0 Å². The van der Waals surface area contributed by atoms with Gasteiger partial charge in [-0.1, -0.05) is 13.3 Å². The summed E-state index contributed by atoms with van der Waals surface area (Å²) < 4.78 is 5.63. The van der Waals surface area contributed by atoms with E-state index in [2.05, 4.69) is 18.8 Å². The molecule has 0 amide bonds. The van der Waals surface area contributed by atoms with Crippen LogP contribution in [0.5, 0.6) is 0 Å². The number of nitrogens with zero attached hydrogens (tertiary/aromatic N) is 1. The molecule has 1 aromatic rings. The molecule has 3 unspecified atom stereocenters. The van der Waals surface area contributed by atoms with Gasteiger partial charge in [0.2, 0.25) is 0 Å². The molecule has 17 heavy (non-hydrogen) atoms. The number of imidazole rings is 1. The van der Waals surface area contributed by atoms with Crippen molar-refractivity contribution in [2.45, 2.75) is 58.0 Å². The molecule has 1 fully saturated rings. The number of aromatic nitrogens is 2.